The molecular weight excluding hydrogens is 244 g/mol. The molecule has 1 aromatic carbocycles. The lowest BCUT2D eigenvalue weighted by molar-refractivity contribution is 0.467. The first-order valence-corrected chi connectivity index (χ1v) is 6.59. The number of benzene rings is 1. The average Bonchev–Trinajstić information content (AvgIpc) is 2.34. The van der Waals surface area contributed by atoms with Gasteiger partial charge >= 0.3 is 0 Å². The fraction of sp³-hybridized carbons (Fsp3) is 0.231. The molecule has 4 nitrogen and oxygen atoms in total. The molecule has 0 amide bonds. The van der Waals surface area contributed by atoms with Gasteiger partial charge in [-0.3, -0.25) is 4.48 Å². The summed E-state index contributed by atoms with van der Waals surface area (Å²) in [6, 6.07) is 10.3. The van der Waals surface area contributed by atoms with Crippen LogP contribution in [-0.4, -0.2) is 31.3 Å². The van der Waals surface area contributed by atoms with Crippen molar-refractivity contribution in [3.8, 4) is 0 Å². The van der Waals surface area contributed by atoms with Crippen molar-refractivity contribution in [3.05, 3.63) is 30.3 Å². The van der Waals surface area contributed by atoms with Crippen LogP contribution in [-0.2, 0) is 0 Å². The fourth-order valence-electron chi connectivity index (χ4n) is 1.76. The Morgan fingerprint density at radius 1 is 1.06 bits per heavy atom. The van der Waals surface area contributed by atoms with Crippen molar-refractivity contribution in [2.75, 3.05) is 26.5 Å². The highest BCUT2D eigenvalue weighted by molar-refractivity contribution is 7.99. The predicted molar refractivity (Wildman–Crippen MR) is 75.4 cm³/mol. The Morgan fingerprint density at radius 3 is 2.61 bits per heavy atom. The summed E-state index contributed by atoms with van der Waals surface area (Å²) in [4.78, 5) is 2.36. The fourth-order valence-corrected chi connectivity index (χ4v) is 2.73. The van der Waals surface area contributed by atoms with E-state index >= 15 is 0 Å². The highest BCUT2D eigenvalue weighted by atomic mass is 32.2. The Kier molecular flexibility index (Phi) is 2.53. The molecule has 0 unspecified atom stereocenters. The third-order valence-corrected chi connectivity index (χ3v) is 3.90. The molecule has 2 aromatic rings. The molecule has 0 atom stereocenters. The summed E-state index contributed by atoms with van der Waals surface area (Å²) in [5.74, 6) is 1.80. The predicted octanol–water partition coefficient (Wildman–Crippen LogP) is 2.88. The van der Waals surface area contributed by atoms with Gasteiger partial charge < -0.3 is 5.32 Å². The summed E-state index contributed by atoms with van der Waals surface area (Å²) in [5.41, 5.74) is 1.10. The normalized spacial score (nSPS) is 13.5. The van der Waals surface area contributed by atoms with E-state index in [0.717, 1.165) is 22.2 Å². The first kappa shape index (κ1) is 11.5. The van der Waals surface area contributed by atoms with E-state index in [1.54, 1.807) is 11.8 Å². The standard InChI is InChI=1S/C13H15N4S/c1-17(2,3)12-8-11-13(16-15-12)14-9-6-4-5-7-10(9)18-11/h4-8H,1-3H3,(H,14,16)/q+1. The molecular formula is C13H15N4S+. The SMILES string of the molecule is C[N+](C)(C)c1cc2c(nn1)Nc1ccccc1S2. The van der Waals surface area contributed by atoms with Gasteiger partial charge in [-0.05, 0) is 12.1 Å². The second-order valence-corrected chi connectivity index (χ2v) is 6.23. The number of quaternary nitrogens is 1. The van der Waals surface area contributed by atoms with Crippen LogP contribution in [0.4, 0.5) is 17.3 Å². The number of hydrogen-bond donors (Lipinski definition) is 1. The van der Waals surface area contributed by atoms with Crippen LogP contribution in [0.15, 0.2) is 40.1 Å². The Morgan fingerprint density at radius 2 is 1.83 bits per heavy atom. The molecule has 0 saturated carbocycles. The third kappa shape index (κ3) is 1.95. The molecule has 5 heteroatoms. The molecule has 1 aliphatic heterocycles. The zero-order valence-corrected chi connectivity index (χ0v) is 11.5. The Balaban J connectivity index is 2.04. The van der Waals surface area contributed by atoms with Crippen LogP contribution >= 0.6 is 11.8 Å². The van der Waals surface area contributed by atoms with Gasteiger partial charge in [0.15, 0.2) is 5.82 Å². The molecule has 18 heavy (non-hydrogen) atoms. The van der Waals surface area contributed by atoms with E-state index in [0.29, 0.717) is 4.48 Å². The molecule has 0 bridgehead atoms. The minimum absolute atomic E-state index is 0.669. The maximum Gasteiger partial charge on any atom is 0.247 e. The molecule has 1 aromatic heterocycles. The minimum atomic E-state index is 0.669. The summed E-state index contributed by atoms with van der Waals surface area (Å²) >= 11 is 1.74. The largest absolute Gasteiger partial charge is 0.337 e. The molecule has 1 N–H and O–H groups in total. The van der Waals surface area contributed by atoms with E-state index in [2.05, 4.69) is 54.9 Å². The lowest BCUT2D eigenvalue weighted by atomic mass is 10.3. The number of nitrogens with one attached hydrogen (secondary N) is 1. The highest BCUT2D eigenvalue weighted by Gasteiger charge is 2.22. The molecule has 92 valence electrons. The van der Waals surface area contributed by atoms with Crippen LogP contribution in [0.3, 0.4) is 0 Å². The summed E-state index contributed by atoms with van der Waals surface area (Å²) in [6.45, 7) is 0. The first-order valence-electron chi connectivity index (χ1n) is 5.78. The van der Waals surface area contributed by atoms with Gasteiger partial charge in [-0.2, -0.15) is 0 Å². The number of nitrogens with zero attached hydrogens (tertiary/aromatic N) is 3. The highest BCUT2D eigenvalue weighted by Crippen LogP contribution is 2.43. The van der Waals surface area contributed by atoms with Gasteiger partial charge in [-0.25, -0.2) is 0 Å². The zero-order chi connectivity index (χ0) is 12.8. The van der Waals surface area contributed by atoms with E-state index in [1.165, 1.54) is 4.90 Å². The maximum absolute atomic E-state index is 4.29. The second-order valence-electron chi connectivity index (χ2n) is 5.15. The van der Waals surface area contributed by atoms with Crippen molar-refractivity contribution < 1.29 is 0 Å². The van der Waals surface area contributed by atoms with Gasteiger partial charge in [0.1, 0.15) is 0 Å². The van der Waals surface area contributed by atoms with Gasteiger partial charge in [0, 0.05) is 11.0 Å². The maximum atomic E-state index is 4.29. The molecule has 1 aliphatic rings. The molecule has 0 spiro atoms. The van der Waals surface area contributed by atoms with Gasteiger partial charge in [0.25, 0.3) is 0 Å². The topological polar surface area (TPSA) is 37.8 Å². The van der Waals surface area contributed by atoms with Gasteiger partial charge in [0.2, 0.25) is 5.82 Å². The Labute approximate surface area is 111 Å². The van der Waals surface area contributed by atoms with E-state index in [4.69, 9.17) is 0 Å². The lowest BCUT2D eigenvalue weighted by Gasteiger charge is -2.24. The van der Waals surface area contributed by atoms with E-state index in [-0.39, 0.29) is 0 Å². The number of hydrogen-bond acceptors (Lipinski definition) is 4. The zero-order valence-electron chi connectivity index (χ0n) is 10.6. The number of anilines is 2. The number of rotatable bonds is 1. The summed E-state index contributed by atoms with van der Waals surface area (Å²) in [6.07, 6.45) is 0. The van der Waals surface area contributed by atoms with Crippen molar-refractivity contribution in [2.45, 2.75) is 9.79 Å². The smallest absolute Gasteiger partial charge is 0.247 e. The molecule has 2 heterocycles. The lowest BCUT2D eigenvalue weighted by Crippen LogP contribution is -2.36. The summed E-state index contributed by atoms with van der Waals surface area (Å²) in [5, 5.41) is 11.9. The van der Waals surface area contributed by atoms with Crippen LogP contribution in [0.2, 0.25) is 0 Å². The summed E-state index contributed by atoms with van der Waals surface area (Å²) in [7, 11) is 6.27. The number of fused-ring (bicyclic) bond motifs is 2. The third-order valence-electron chi connectivity index (χ3n) is 2.79. The van der Waals surface area contributed by atoms with Crippen molar-refractivity contribution >= 4 is 29.1 Å². The van der Waals surface area contributed by atoms with Crippen LogP contribution in [0.1, 0.15) is 0 Å². The minimum Gasteiger partial charge on any atom is -0.337 e. The van der Waals surface area contributed by atoms with E-state index < -0.39 is 0 Å². The van der Waals surface area contributed by atoms with E-state index in [9.17, 15) is 0 Å². The van der Waals surface area contributed by atoms with Crippen LogP contribution in [0.5, 0.6) is 0 Å². The van der Waals surface area contributed by atoms with Gasteiger partial charge in [-0.15, -0.1) is 5.10 Å². The van der Waals surface area contributed by atoms with E-state index in [1.807, 2.05) is 12.1 Å². The average molecular weight is 259 g/mol. The quantitative estimate of drug-likeness (QED) is 0.682. The molecule has 0 aliphatic carbocycles. The number of aromatic nitrogens is 2. The Bertz CT molecular complexity index is 604. The van der Waals surface area contributed by atoms with Crippen molar-refractivity contribution in [1.29, 1.82) is 0 Å². The van der Waals surface area contributed by atoms with Crippen LogP contribution < -0.4 is 9.80 Å². The summed E-state index contributed by atoms with van der Waals surface area (Å²) < 4.78 is 0.669. The van der Waals surface area contributed by atoms with Gasteiger partial charge in [-0.1, -0.05) is 29.0 Å². The van der Waals surface area contributed by atoms with Crippen LogP contribution in [0, 0.1) is 0 Å². The van der Waals surface area contributed by atoms with Crippen molar-refractivity contribution in [1.82, 2.24) is 14.7 Å². The molecule has 3 rings (SSSR count). The van der Waals surface area contributed by atoms with Crippen LogP contribution in [0.25, 0.3) is 0 Å². The van der Waals surface area contributed by atoms with Crippen molar-refractivity contribution in [3.63, 3.8) is 0 Å². The Hall–Kier alpha value is -1.59. The molecule has 0 fully saturated rings. The molecule has 0 radical (unpaired) electrons. The first-order chi connectivity index (χ1) is 8.54. The number of para-hydroxylation sites is 1. The molecule has 0 saturated heterocycles. The monoisotopic (exact) mass is 259 g/mol. The van der Waals surface area contributed by atoms with Crippen molar-refractivity contribution in [2.24, 2.45) is 0 Å². The van der Waals surface area contributed by atoms with Gasteiger partial charge in [0.05, 0.1) is 31.7 Å². The second kappa shape index (κ2) is 3.96.